The molecule has 0 aliphatic rings. The Balaban J connectivity index is 1.65. The molecule has 1 aromatic carbocycles. The predicted octanol–water partition coefficient (Wildman–Crippen LogP) is 4.24. The van der Waals surface area contributed by atoms with Gasteiger partial charge in [0.05, 0.1) is 6.26 Å². The number of hydrogen-bond acceptors (Lipinski definition) is 3. The van der Waals surface area contributed by atoms with Gasteiger partial charge in [0.1, 0.15) is 11.4 Å². The zero-order valence-electron chi connectivity index (χ0n) is 10.3. The van der Waals surface area contributed by atoms with Crippen LogP contribution in [-0.4, -0.2) is 11.5 Å². The molecule has 0 fully saturated rings. The molecule has 3 aromatic rings. The molecule has 0 aliphatic heterocycles. The van der Waals surface area contributed by atoms with E-state index in [0.29, 0.717) is 0 Å². The SMILES string of the molecule is Brc1ccc(NCCc2coc3ccccc23)nc1. The molecule has 19 heavy (non-hydrogen) atoms. The number of para-hydroxylation sites is 1. The number of rotatable bonds is 4. The van der Waals surface area contributed by atoms with Gasteiger partial charge in [-0.15, -0.1) is 0 Å². The topological polar surface area (TPSA) is 38.1 Å². The predicted molar refractivity (Wildman–Crippen MR) is 80.3 cm³/mol. The zero-order valence-corrected chi connectivity index (χ0v) is 11.9. The van der Waals surface area contributed by atoms with E-state index in [0.717, 1.165) is 28.8 Å². The molecule has 3 rings (SSSR count). The lowest BCUT2D eigenvalue weighted by molar-refractivity contribution is 0.610. The summed E-state index contributed by atoms with van der Waals surface area (Å²) in [6.45, 7) is 0.832. The van der Waals surface area contributed by atoms with Gasteiger partial charge in [-0.1, -0.05) is 18.2 Å². The Morgan fingerprint density at radius 2 is 2.05 bits per heavy atom. The number of pyridine rings is 1. The summed E-state index contributed by atoms with van der Waals surface area (Å²) < 4.78 is 6.50. The van der Waals surface area contributed by atoms with Gasteiger partial charge in [-0.05, 0) is 46.1 Å². The van der Waals surface area contributed by atoms with Gasteiger partial charge in [0.25, 0.3) is 0 Å². The largest absolute Gasteiger partial charge is 0.464 e. The van der Waals surface area contributed by atoms with Crippen molar-refractivity contribution in [3.8, 4) is 0 Å². The number of benzene rings is 1. The van der Waals surface area contributed by atoms with Crippen LogP contribution in [-0.2, 0) is 6.42 Å². The first-order chi connectivity index (χ1) is 9.33. The van der Waals surface area contributed by atoms with E-state index in [1.54, 1.807) is 6.20 Å². The Labute approximate surface area is 119 Å². The highest BCUT2D eigenvalue weighted by Crippen LogP contribution is 2.21. The van der Waals surface area contributed by atoms with Crippen LogP contribution in [0.15, 0.2) is 57.7 Å². The molecule has 0 bridgehead atoms. The van der Waals surface area contributed by atoms with Crippen molar-refractivity contribution in [2.24, 2.45) is 0 Å². The van der Waals surface area contributed by atoms with Crippen LogP contribution in [0.4, 0.5) is 5.82 Å². The molecule has 0 saturated heterocycles. The van der Waals surface area contributed by atoms with Gasteiger partial charge < -0.3 is 9.73 Å². The molecule has 0 atom stereocenters. The molecule has 1 N–H and O–H groups in total. The number of hydrogen-bond donors (Lipinski definition) is 1. The highest BCUT2D eigenvalue weighted by Gasteiger charge is 2.04. The summed E-state index contributed by atoms with van der Waals surface area (Å²) in [7, 11) is 0. The van der Waals surface area contributed by atoms with E-state index in [1.807, 2.05) is 36.6 Å². The minimum absolute atomic E-state index is 0.832. The summed E-state index contributed by atoms with van der Waals surface area (Å²) in [5.41, 5.74) is 2.17. The molecule has 0 radical (unpaired) electrons. The van der Waals surface area contributed by atoms with Crippen LogP contribution in [0.25, 0.3) is 11.0 Å². The summed E-state index contributed by atoms with van der Waals surface area (Å²) in [5.74, 6) is 0.885. The number of aromatic nitrogens is 1. The molecule has 0 saturated carbocycles. The van der Waals surface area contributed by atoms with Gasteiger partial charge in [0.15, 0.2) is 0 Å². The second-order valence-electron chi connectivity index (χ2n) is 4.30. The summed E-state index contributed by atoms with van der Waals surface area (Å²) >= 11 is 3.37. The normalized spacial score (nSPS) is 10.8. The van der Waals surface area contributed by atoms with Crippen molar-refractivity contribution < 1.29 is 4.42 Å². The Kier molecular flexibility index (Phi) is 3.51. The van der Waals surface area contributed by atoms with E-state index in [9.17, 15) is 0 Å². The Morgan fingerprint density at radius 1 is 1.16 bits per heavy atom. The highest BCUT2D eigenvalue weighted by molar-refractivity contribution is 9.10. The van der Waals surface area contributed by atoms with Crippen molar-refractivity contribution in [3.05, 3.63) is 58.9 Å². The van der Waals surface area contributed by atoms with Crippen LogP contribution in [0, 0.1) is 0 Å². The van der Waals surface area contributed by atoms with E-state index in [1.165, 1.54) is 10.9 Å². The quantitative estimate of drug-likeness (QED) is 0.782. The average molecular weight is 317 g/mol. The minimum atomic E-state index is 0.832. The standard InChI is InChI=1S/C15H13BrN2O/c16-12-5-6-15(18-9-12)17-8-7-11-10-19-14-4-2-1-3-13(11)14/h1-6,9-10H,7-8H2,(H,17,18). The lowest BCUT2D eigenvalue weighted by Gasteiger charge is -2.04. The monoisotopic (exact) mass is 316 g/mol. The number of halogens is 1. The maximum atomic E-state index is 5.52. The summed E-state index contributed by atoms with van der Waals surface area (Å²) in [6.07, 6.45) is 4.53. The van der Waals surface area contributed by atoms with Gasteiger partial charge in [-0.2, -0.15) is 0 Å². The van der Waals surface area contributed by atoms with Gasteiger partial charge in [-0.3, -0.25) is 0 Å². The van der Waals surface area contributed by atoms with Gasteiger partial charge >= 0.3 is 0 Å². The fourth-order valence-electron chi connectivity index (χ4n) is 2.03. The third-order valence-corrected chi connectivity index (χ3v) is 3.46. The van der Waals surface area contributed by atoms with Crippen LogP contribution in [0.1, 0.15) is 5.56 Å². The van der Waals surface area contributed by atoms with Gasteiger partial charge in [0, 0.05) is 22.6 Å². The third-order valence-electron chi connectivity index (χ3n) is 2.99. The van der Waals surface area contributed by atoms with Crippen LogP contribution < -0.4 is 5.32 Å². The number of nitrogens with zero attached hydrogens (tertiary/aromatic N) is 1. The van der Waals surface area contributed by atoms with Gasteiger partial charge in [-0.25, -0.2) is 4.98 Å². The number of nitrogens with one attached hydrogen (secondary N) is 1. The van der Waals surface area contributed by atoms with Crippen molar-refractivity contribution in [3.63, 3.8) is 0 Å². The smallest absolute Gasteiger partial charge is 0.134 e. The van der Waals surface area contributed by atoms with E-state index >= 15 is 0 Å². The Morgan fingerprint density at radius 3 is 2.89 bits per heavy atom. The fraction of sp³-hybridized carbons (Fsp3) is 0.133. The first kappa shape index (κ1) is 12.2. The molecule has 2 heterocycles. The van der Waals surface area contributed by atoms with Crippen LogP contribution in [0.2, 0.25) is 0 Å². The maximum absolute atomic E-state index is 5.52. The van der Waals surface area contributed by atoms with Gasteiger partial charge in [0.2, 0.25) is 0 Å². The van der Waals surface area contributed by atoms with E-state index in [-0.39, 0.29) is 0 Å². The summed E-state index contributed by atoms with van der Waals surface area (Å²) in [6, 6.07) is 12.0. The lowest BCUT2D eigenvalue weighted by atomic mass is 10.1. The van der Waals surface area contributed by atoms with Crippen molar-refractivity contribution >= 4 is 32.7 Å². The molecule has 2 aromatic heterocycles. The average Bonchev–Trinajstić information content (AvgIpc) is 2.85. The van der Waals surface area contributed by atoms with E-state index < -0.39 is 0 Å². The number of fused-ring (bicyclic) bond motifs is 1. The molecule has 3 nitrogen and oxygen atoms in total. The lowest BCUT2D eigenvalue weighted by Crippen LogP contribution is -2.05. The highest BCUT2D eigenvalue weighted by atomic mass is 79.9. The van der Waals surface area contributed by atoms with E-state index in [4.69, 9.17) is 4.42 Å². The Bertz CT molecular complexity index is 676. The molecule has 96 valence electrons. The summed E-state index contributed by atoms with van der Waals surface area (Å²) in [4.78, 5) is 4.28. The zero-order chi connectivity index (χ0) is 13.1. The first-order valence-corrected chi connectivity index (χ1v) is 6.93. The fourth-order valence-corrected chi connectivity index (χ4v) is 2.27. The summed E-state index contributed by atoms with van der Waals surface area (Å²) in [5, 5.41) is 4.49. The first-order valence-electron chi connectivity index (χ1n) is 6.13. The van der Waals surface area contributed by atoms with Crippen LogP contribution in [0.3, 0.4) is 0 Å². The maximum Gasteiger partial charge on any atom is 0.134 e. The van der Waals surface area contributed by atoms with Crippen molar-refractivity contribution in [2.75, 3.05) is 11.9 Å². The second-order valence-corrected chi connectivity index (χ2v) is 5.21. The minimum Gasteiger partial charge on any atom is -0.464 e. The molecule has 0 aliphatic carbocycles. The number of anilines is 1. The van der Waals surface area contributed by atoms with Crippen LogP contribution >= 0.6 is 15.9 Å². The van der Waals surface area contributed by atoms with Crippen LogP contribution in [0.5, 0.6) is 0 Å². The molecule has 0 unspecified atom stereocenters. The van der Waals surface area contributed by atoms with Crippen molar-refractivity contribution in [2.45, 2.75) is 6.42 Å². The molecule has 0 amide bonds. The second kappa shape index (κ2) is 5.45. The third kappa shape index (κ3) is 2.79. The Hall–Kier alpha value is -1.81. The molecular weight excluding hydrogens is 304 g/mol. The van der Waals surface area contributed by atoms with Crippen molar-refractivity contribution in [1.29, 1.82) is 0 Å². The molecule has 4 heteroatoms. The number of furan rings is 1. The van der Waals surface area contributed by atoms with E-state index in [2.05, 4.69) is 32.3 Å². The molecule has 0 spiro atoms. The molecular formula is C15H13BrN2O. The van der Waals surface area contributed by atoms with Crippen molar-refractivity contribution in [1.82, 2.24) is 4.98 Å².